The number of nitriles is 1. The van der Waals surface area contributed by atoms with E-state index in [2.05, 4.69) is 47.8 Å². The highest BCUT2D eigenvalue weighted by Crippen LogP contribution is 2.40. The summed E-state index contributed by atoms with van der Waals surface area (Å²) < 4.78 is 0. The molecule has 1 fully saturated rings. The van der Waals surface area contributed by atoms with Gasteiger partial charge >= 0.3 is 0 Å². The van der Waals surface area contributed by atoms with Crippen molar-refractivity contribution in [2.45, 2.75) is 40.0 Å². The second-order valence-electron chi connectivity index (χ2n) is 8.40. The van der Waals surface area contributed by atoms with Gasteiger partial charge in [-0.3, -0.25) is 4.79 Å². The molecular weight excluding hydrogens is 350 g/mol. The first-order chi connectivity index (χ1) is 13.5. The molecule has 3 atom stereocenters. The molecule has 0 saturated carbocycles. The number of allylic oxidation sites excluding steroid dienone is 2. The van der Waals surface area contributed by atoms with Crippen LogP contribution in [-0.4, -0.2) is 47.0 Å². The monoisotopic (exact) mass is 381 g/mol. The maximum Gasteiger partial charge on any atom is 0.225 e. The van der Waals surface area contributed by atoms with Crippen LogP contribution in [0.2, 0.25) is 0 Å². The number of aromatic nitrogens is 2. The molecule has 1 aromatic rings. The van der Waals surface area contributed by atoms with Crippen LogP contribution in [0.3, 0.4) is 0 Å². The second-order valence-corrected chi connectivity index (χ2v) is 8.40. The maximum atomic E-state index is 12.9. The van der Waals surface area contributed by atoms with Gasteiger partial charge in [-0.25, -0.2) is 9.97 Å². The number of piperazine rings is 1. The van der Waals surface area contributed by atoms with E-state index in [1.54, 1.807) is 12.4 Å². The zero-order valence-electron chi connectivity index (χ0n) is 17.2. The molecule has 2 heterocycles. The molecule has 2 aliphatic rings. The minimum absolute atomic E-state index is 0.243. The van der Waals surface area contributed by atoms with Crippen LogP contribution in [0.4, 0.5) is 5.95 Å². The summed E-state index contributed by atoms with van der Waals surface area (Å²) in [7, 11) is 0. The van der Waals surface area contributed by atoms with Crippen molar-refractivity contribution in [3.63, 3.8) is 0 Å². The van der Waals surface area contributed by atoms with Crippen molar-refractivity contribution < 1.29 is 4.79 Å². The lowest BCUT2D eigenvalue weighted by atomic mass is 9.69. The first-order valence-electron chi connectivity index (χ1n) is 10.3. The van der Waals surface area contributed by atoms with Gasteiger partial charge in [-0.15, -0.1) is 0 Å². The number of nitrogens with zero attached hydrogens (tertiary/aromatic N) is 5. The molecule has 0 N–H and O–H groups in total. The topological polar surface area (TPSA) is 73.1 Å². The van der Waals surface area contributed by atoms with Crippen LogP contribution in [0.15, 0.2) is 30.1 Å². The van der Waals surface area contributed by atoms with E-state index >= 15 is 0 Å². The molecule has 0 bridgehead atoms. The van der Waals surface area contributed by atoms with Crippen molar-refractivity contribution in [3.05, 3.63) is 30.1 Å². The van der Waals surface area contributed by atoms with E-state index in [4.69, 9.17) is 5.26 Å². The van der Waals surface area contributed by atoms with E-state index in [9.17, 15) is 4.79 Å². The number of carbonyl (C=O) groups excluding carboxylic acids is 1. The standard InChI is InChI=1S/C22H31N5O/c1-16(2)20-14-19(17(3)13-18(20)5-6-23)15-21(28)26-9-11-27(12-10-26)22-24-7-4-8-25-22/h4,7-8,13,16,18-20H,5,9-12,14-15H2,1-3H3. The third-order valence-corrected chi connectivity index (χ3v) is 6.30. The van der Waals surface area contributed by atoms with Crippen molar-refractivity contribution in [3.8, 4) is 6.07 Å². The smallest absolute Gasteiger partial charge is 0.225 e. The number of anilines is 1. The largest absolute Gasteiger partial charge is 0.339 e. The Bertz CT molecular complexity index is 731. The minimum atomic E-state index is 0.243. The Labute approximate surface area is 168 Å². The maximum absolute atomic E-state index is 12.9. The summed E-state index contributed by atoms with van der Waals surface area (Å²) in [5.41, 5.74) is 1.28. The molecule has 1 aromatic heterocycles. The zero-order chi connectivity index (χ0) is 20.1. The Morgan fingerprint density at radius 3 is 2.54 bits per heavy atom. The quantitative estimate of drug-likeness (QED) is 0.732. The highest BCUT2D eigenvalue weighted by molar-refractivity contribution is 5.77. The van der Waals surface area contributed by atoms with E-state index in [-0.39, 0.29) is 5.91 Å². The molecule has 6 nitrogen and oxygen atoms in total. The van der Waals surface area contributed by atoms with Gasteiger partial charge in [0.15, 0.2) is 0 Å². The fraction of sp³-hybridized carbons (Fsp3) is 0.636. The van der Waals surface area contributed by atoms with Gasteiger partial charge in [0, 0.05) is 51.4 Å². The number of rotatable bonds is 5. The van der Waals surface area contributed by atoms with Crippen LogP contribution in [0, 0.1) is 35.0 Å². The van der Waals surface area contributed by atoms with Gasteiger partial charge in [0.1, 0.15) is 0 Å². The third kappa shape index (κ3) is 4.70. The predicted molar refractivity (Wildman–Crippen MR) is 109 cm³/mol. The van der Waals surface area contributed by atoms with Crippen LogP contribution in [0.1, 0.15) is 40.0 Å². The van der Waals surface area contributed by atoms with E-state index in [0.29, 0.717) is 36.5 Å². The third-order valence-electron chi connectivity index (χ3n) is 6.30. The fourth-order valence-electron chi connectivity index (χ4n) is 4.56. The Kier molecular flexibility index (Phi) is 6.66. The Balaban J connectivity index is 1.57. The van der Waals surface area contributed by atoms with Gasteiger partial charge < -0.3 is 9.80 Å². The number of hydrogen-bond donors (Lipinski definition) is 0. The molecule has 150 valence electrons. The van der Waals surface area contributed by atoms with Gasteiger partial charge in [0.05, 0.1) is 6.07 Å². The van der Waals surface area contributed by atoms with E-state index < -0.39 is 0 Å². The van der Waals surface area contributed by atoms with E-state index in [0.717, 1.165) is 38.5 Å². The molecule has 0 spiro atoms. The van der Waals surface area contributed by atoms with Gasteiger partial charge in [0.25, 0.3) is 0 Å². The molecule has 1 saturated heterocycles. The highest BCUT2D eigenvalue weighted by Gasteiger charge is 2.33. The van der Waals surface area contributed by atoms with Crippen molar-refractivity contribution in [2.75, 3.05) is 31.1 Å². The lowest BCUT2D eigenvalue weighted by molar-refractivity contribution is -0.132. The van der Waals surface area contributed by atoms with E-state index in [1.807, 2.05) is 11.0 Å². The summed E-state index contributed by atoms with van der Waals surface area (Å²) in [6, 6.07) is 4.15. The van der Waals surface area contributed by atoms with Crippen LogP contribution < -0.4 is 4.90 Å². The molecule has 1 amide bonds. The van der Waals surface area contributed by atoms with Crippen LogP contribution in [0.5, 0.6) is 0 Å². The lowest BCUT2D eigenvalue weighted by Crippen LogP contribution is -2.49. The molecule has 1 aliphatic heterocycles. The number of hydrogen-bond acceptors (Lipinski definition) is 5. The van der Waals surface area contributed by atoms with Crippen LogP contribution in [-0.2, 0) is 4.79 Å². The van der Waals surface area contributed by atoms with Crippen LogP contribution in [0.25, 0.3) is 0 Å². The first kappa shape index (κ1) is 20.3. The molecule has 3 rings (SSSR count). The lowest BCUT2D eigenvalue weighted by Gasteiger charge is -2.38. The summed E-state index contributed by atoms with van der Waals surface area (Å²) >= 11 is 0. The van der Waals surface area contributed by atoms with Crippen molar-refractivity contribution in [1.29, 1.82) is 5.26 Å². The van der Waals surface area contributed by atoms with Gasteiger partial charge in [0.2, 0.25) is 11.9 Å². The average molecular weight is 382 g/mol. The van der Waals surface area contributed by atoms with Gasteiger partial charge in [-0.2, -0.15) is 5.26 Å². The number of carbonyl (C=O) groups is 1. The summed E-state index contributed by atoms with van der Waals surface area (Å²) in [6.07, 6.45) is 7.93. The van der Waals surface area contributed by atoms with Crippen molar-refractivity contribution in [1.82, 2.24) is 14.9 Å². The Morgan fingerprint density at radius 1 is 1.25 bits per heavy atom. The van der Waals surface area contributed by atoms with Gasteiger partial charge in [-0.05, 0) is 43.1 Å². The van der Waals surface area contributed by atoms with Crippen molar-refractivity contribution >= 4 is 11.9 Å². The molecule has 3 unspecified atom stereocenters. The summed E-state index contributed by atoms with van der Waals surface area (Å²) in [4.78, 5) is 25.7. The molecule has 1 aliphatic carbocycles. The molecule has 28 heavy (non-hydrogen) atoms. The summed E-state index contributed by atoms with van der Waals surface area (Å²) in [5, 5.41) is 9.14. The number of amides is 1. The van der Waals surface area contributed by atoms with Crippen molar-refractivity contribution in [2.24, 2.45) is 23.7 Å². The fourth-order valence-corrected chi connectivity index (χ4v) is 4.56. The average Bonchev–Trinajstić information content (AvgIpc) is 2.70. The first-order valence-corrected chi connectivity index (χ1v) is 10.3. The molecule has 0 radical (unpaired) electrons. The summed E-state index contributed by atoms with van der Waals surface area (Å²) in [6.45, 7) is 9.57. The normalized spacial score (nSPS) is 25.4. The van der Waals surface area contributed by atoms with Crippen LogP contribution >= 0.6 is 0 Å². The SMILES string of the molecule is CC1=CC(CC#N)C(C(C)C)CC1CC(=O)N1CCN(c2ncccn2)CC1. The summed E-state index contributed by atoms with van der Waals surface area (Å²) in [5.74, 6) is 2.61. The second kappa shape index (κ2) is 9.18. The molecule has 6 heteroatoms. The molecular formula is C22H31N5O. The highest BCUT2D eigenvalue weighted by atomic mass is 16.2. The Hall–Kier alpha value is -2.42. The predicted octanol–water partition coefficient (Wildman–Crippen LogP) is 3.28. The molecule has 0 aromatic carbocycles. The minimum Gasteiger partial charge on any atom is -0.339 e. The van der Waals surface area contributed by atoms with Gasteiger partial charge in [-0.1, -0.05) is 25.5 Å². The Morgan fingerprint density at radius 2 is 1.93 bits per heavy atom. The zero-order valence-corrected chi connectivity index (χ0v) is 17.2. The van der Waals surface area contributed by atoms with E-state index in [1.165, 1.54) is 5.57 Å².